The molecule has 2 aromatic rings. The average Bonchev–Trinajstić information content (AvgIpc) is 2.63. The van der Waals surface area contributed by atoms with Crippen LogP contribution in [0, 0.1) is 0 Å². The fraction of sp³-hybridized carbons (Fsp3) is 0.222. The Labute approximate surface area is 112 Å². The number of thiophene rings is 1. The van der Waals surface area contributed by atoms with E-state index in [1.54, 1.807) is 0 Å². The van der Waals surface area contributed by atoms with Crippen molar-refractivity contribution in [1.29, 1.82) is 0 Å². The summed E-state index contributed by atoms with van der Waals surface area (Å²) in [5.74, 6) is 0.434. The highest BCUT2D eigenvalue weighted by molar-refractivity contribution is 7.16. The zero-order valence-electron chi connectivity index (χ0n) is 8.82. The van der Waals surface area contributed by atoms with Gasteiger partial charge in [-0.05, 0) is 30.7 Å². The van der Waals surface area contributed by atoms with E-state index in [0.29, 0.717) is 5.95 Å². The van der Waals surface area contributed by atoms with E-state index in [2.05, 4.69) is 20.3 Å². The SMILES string of the molecule is CC(Nc1nc(N)nc(Cl)n1)c1ccc(Cl)s1. The predicted molar refractivity (Wildman–Crippen MR) is 70.6 cm³/mol. The maximum atomic E-state index is 5.87. The maximum absolute atomic E-state index is 5.87. The summed E-state index contributed by atoms with van der Waals surface area (Å²) >= 11 is 13.0. The Kier molecular flexibility index (Phi) is 3.66. The van der Waals surface area contributed by atoms with Gasteiger partial charge in [0.15, 0.2) is 0 Å². The largest absolute Gasteiger partial charge is 0.368 e. The second kappa shape index (κ2) is 5.03. The molecule has 0 aliphatic carbocycles. The first-order chi connectivity index (χ1) is 8.04. The molecule has 8 heteroatoms. The van der Waals surface area contributed by atoms with Gasteiger partial charge in [-0.25, -0.2) is 0 Å². The van der Waals surface area contributed by atoms with E-state index in [1.165, 1.54) is 11.3 Å². The monoisotopic (exact) mass is 289 g/mol. The smallest absolute Gasteiger partial charge is 0.229 e. The first-order valence-corrected chi connectivity index (χ1v) is 6.30. The predicted octanol–water partition coefficient (Wildman–Crippen LogP) is 3.00. The molecule has 0 saturated heterocycles. The van der Waals surface area contributed by atoms with Crippen molar-refractivity contribution in [3.05, 3.63) is 26.6 Å². The lowest BCUT2D eigenvalue weighted by Crippen LogP contribution is -2.10. The lowest BCUT2D eigenvalue weighted by molar-refractivity contribution is 0.874. The highest BCUT2D eigenvalue weighted by Crippen LogP contribution is 2.28. The van der Waals surface area contributed by atoms with Crippen molar-refractivity contribution in [3.8, 4) is 0 Å². The topological polar surface area (TPSA) is 76.7 Å². The molecule has 17 heavy (non-hydrogen) atoms. The van der Waals surface area contributed by atoms with Crippen LogP contribution in [0.3, 0.4) is 0 Å². The Hall–Kier alpha value is -1.11. The molecule has 2 heterocycles. The molecule has 0 amide bonds. The quantitative estimate of drug-likeness (QED) is 0.908. The van der Waals surface area contributed by atoms with Gasteiger partial charge in [0.05, 0.1) is 10.4 Å². The van der Waals surface area contributed by atoms with E-state index in [-0.39, 0.29) is 17.3 Å². The van der Waals surface area contributed by atoms with E-state index in [0.717, 1.165) is 9.21 Å². The van der Waals surface area contributed by atoms with E-state index >= 15 is 0 Å². The minimum atomic E-state index is 0.0189. The lowest BCUT2D eigenvalue weighted by atomic mass is 10.3. The van der Waals surface area contributed by atoms with Crippen LogP contribution in [0.4, 0.5) is 11.9 Å². The van der Waals surface area contributed by atoms with Crippen molar-refractivity contribution >= 4 is 46.4 Å². The zero-order valence-corrected chi connectivity index (χ0v) is 11.1. The number of hydrogen-bond donors (Lipinski definition) is 2. The number of halogens is 2. The van der Waals surface area contributed by atoms with Crippen LogP contribution in [0.2, 0.25) is 9.62 Å². The molecule has 2 aromatic heterocycles. The van der Waals surface area contributed by atoms with Crippen molar-refractivity contribution in [2.75, 3.05) is 11.1 Å². The highest BCUT2D eigenvalue weighted by atomic mass is 35.5. The minimum absolute atomic E-state index is 0.0189. The Morgan fingerprint density at radius 3 is 2.65 bits per heavy atom. The second-order valence-corrected chi connectivity index (χ2v) is 5.38. The van der Waals surface area contributed by atoms with Gasteiger partial charge in [-0.3, -0.25) is 0 Å². The van der Waals surface area contributed by atoms with Gasteiger partial charge in [-0.15, -0.1) is 11.3 Å². The van der Waals surface area contributed by atoms with Crippen LogP contribution in [0.15, 0.2) is 12.1 Å². The number of nitrogens with zero attached hydrogens (tertiary/aromatic N) is 3. The number of nitrogen functional groups attached to an aromatic ring is 1. The Morgan fingerprint density at radius 1 is 1.29 bits per heavy atom. The summed E-state index contributed by atoms with van der Waals surface area (Å²) in [6.07, 6.45) is 0. The van der Waals surface area contributed by atoms with Crippen LogP contribution in [0.5, 0.6) is 0 Å². The summed E-state index contributed by atoms with van der Waals surface area (Å²) in [7, 11) is 0. The standard InChI is InChI=1S/C9H9Cl2N5S/c1-4(5-2-3-6(10)17-5)13-9-15-7(11)14-8(12)16-9/h2-4H,1H3,(H3,12,13,14,15,16). The number of nitrogens with two attached hydrogens (primary N) is 1. The van der Waals surface area contributed by atoms with Crippen molar-refractivity contribution in [2.45, 2.75) is 13.0 Å². The molecule has 0 aliphatic heterocycles. The fourth-order valence-corrected chi connectivity index (χ4v) is 2.49. The van der Waals surface area contributed by atoms with Gasteiger partial charge in [0.1, 0.15) is 0 Å². The van der Waals surface area contributed by atoms with Crippen LogP contribution < -0.4 is 11.1 Å². The van der Waals surface area contributed by atoms with E-state index < -0.39 is 0 Å². The number of rotatable bonds is 3. The van der Waals surface area contributed by atoms with Gasteiger partial charge in [0.2, 0.25) is 17.2 Å². The molecule has 0 spiro atoms. The third kappa shape index (κ3) is 3.18. The molecule has 5 nitrogen and oxygen atoms in total. The third-order valence-corrected chi connectivity index (χ3v) is 3.57. The molecular weight excluding hydrogens is 281 g/mol. The van der Waals surface area contributed by atoms with Gasteiger partial charge >= 0.3 is 0 Å². The van der Waals surface area contributed by atoms with E-state index in [4.69, 9.17) is 28.9 Å². The summed E-state index contributed by atoms with van der Waals surface area (Å²) in [6.45, 7) is 1.97. The summed E-state index contributed by atoms with van der Waals surface area (Å²) in [6, 6.07) is 3.80. The van der Waals surface area contributed by atoms with Gasteiger partial charge in [-0.2, -0.15) is 15.0 Å². The molecule has 1 atom stereocenters. The second-order valence-electron chi connectivity index (χ2n) is 3.29. The fourth-order valence-electron chi connectivity index (χ4n) is 1.26. The van der Waals surface area contributed by atoms with Gasteiger partial charge in [-0.1, -0.05) is 11.6 Å². The molecule has 0 aromatic carbocycles. The number of aromatic nitrogens is 3. The average molecular weight is 290 g/mol. The molecular formula is C9H9Cl2N5S. The number of hydrogen-bond acceptors (Lipinski definition) is 6. The van der Waals surface area contributed by atoms with Crippen molar-refractivity contribution in [2.24, 2.45) is 0 Å². The third-order valence-electron chi connectivity index (χ3n) is 1.99. The first kappa shape index (κ1) is 12.3. The molecule has 0 bridgehead atoms. The zero-order chi connectivity index (χ0) is 12.4. The molecule has 2 rings (SSSR count). The summed E-state index contributed by atoms with van der Waals surface area (Å²) in [5.41, 5.74) is 5.47. The van der Waals surface area contributed by atoms with Crippen LogP contribution in [-0.2, 0) is 0 Å². The summed E-state index contributed by atoms with van der Waals surface area (Å²) < 4.78 is 0.738. The molecule has 1 unspecified atom stereocenters. The van der Waals surface area contributed by atoms with Crippen LogP contribution in [-0.4, -0.2) is 15.0 Å². The van der Waals surface area contributed by atoms with Crippen molar-refractivity contribution < 1.29 is 0 Å². The first-order valence-electron chi connectivity index (χ1n) is 4.73. The Bertz CT molecular complexity index is 510. The van der Waals surface area contributed by atoms with Gasteiger partial charge < -0.3 is 11.1 Å². The number of nitrogens with one attached hydrogen (secondary N) is 1. The maximum Gasteiger partial charge on any atom is 0.229 e. The van der Waals surface area contributed by atoms with Crippen LogP contribution >= 0.6 is 34.5 Å². The molecule has 90 valence electrons. The molecule has 0 fully saturated rings. The highest BCUT2D eigenvalue weighted by Gasteiger charge is 2.10. The van der Waals surface area contributed by atoms with E-state index in [9.17, 15) is 0 Å². The molecule has 0 aliphatic rings. The van der Waals surface area contributed by atoms with Crippen molar-refractivity contribution in [3.63, 3.8) is 0 Å². The van der Waals surface area contributed by atoms with Crippen LogP contribution in [0.1, 0.15) is 17.8 Å². The Morgan fingerprint density at radius 2 is 2.06 bits per heavy atom. The number of anilines is 2. The lowest BCUT2D eigenvalue weighted by Gasteiger charge is -2.11. The van der Waals surface area contributed by atoms with Crippen LogP contribution in [0.25, 0.3) is 0 Å². The summed E-state index contributed by atoms with van der Waals surface area (Å²) in [5, 5.41) is 3.14. The Balaban J connectivity index is 2.15. The van der Waals surface area contributed by atoms with Crippen molar-refractivity contribution in [1.82, 2.24) is 15.0 Å². The molecule has 0 saturated carbocycles. The molecule has 3 N–H and O–H groups in total. The molecule has 0 radical (unpaired) electrons. The minimum Gasteiger partial charge on any atom is -0.368 e. The van der Waals surface area contributed by atoms with E-state index in [1.807, 2.05) is 19.1 Å². The normalized spacial score (nSPS) is 12.4. The van der Waals surface area contributed by atoms with Gasteiger partial charge in [0.25, 0.3) is 0 Å². The van der Waals surface area contributed by atoms with Gasteiger partial charge in [0, 0.05) is 4.88 Å². The summed E-state index contributed by atoms with van der Waals surface area (Å²) in [4.78, 5) is 12.6.